The molecule has 0 amide bonds. The molecule has 0 fully saturated rings. The number of para-hydroxylation sites is 2. The third-order valence-corrected chi connectivity index (χ3v) is 2.23. The van der Waals surface area contributed by atoms with Gasteiger partial charge < -0.3 is 9.47 Å². The summed E-state index contributed by atoms with van der Waals surface area (Å²) in [5, 5.41) is 10.6. The SMILES string of the molecule is COC(I)Oc1ccccc1[N+](=O)[O-]. The Hall–Kier alpha value is -0.890. The topological polar surface area (TPSA) is 61.6 Å². The van der Waals surface area contributed by atoms with Crippen molar-refractivity contribution >= 4 is 28.3 Å². The highest BCUT2D eigenvalue weighted by Gasteiger charge is 2.15. The Morgan fingerprint density at radius 1 is 1.50 bits per heavy atom. The van der Waals surface area contributed by atoms with E-state index in [-0.39, 0.29) is 11.4 Å². The van der Waals surface area contributed by atoms with Crippen LogP contribution in [0.15, 0.2) is 24.3 Å². The van der Waals surface area contributed by atoms with E-state index in [1.54, 1.807) is 12.1 Å². The number of hydrogen-bond donors (Lipinski definition) is 0. The summed E-state index contributed by atoms with van der Waals surface area (Å²) in [5.74, 6) is 0.207. The molecule has 0 aromatic heterocycles. The van der Waals surface area contributed by atoms with E-state index in [4.69, 9.17) is 9.47 Å². The fourth-order valence-corrected chi connectivity index (χ4v) is 1.13. The van der Waals surface area contributed by atoms with Crippen molar-refractivity contribution in [1.29, 1.82) is 0 Å². The molecule has 6 heteroatoms. The first-order valence-electron chi connectivity index (χ1n) is 3.72. The van der Waals surface area contributed by atoms with Gasteiger partial charge in [-0.25, -0.2) is 0 Å². The van der Waals surface area contributed by atoms with Gasteiger partial charge in [-0.2, -0.15) is 0 Å². The zero-order valence-corrected chi connectivity index (χ0v) is 9.50. The number of halogens is 1. The Balaban J connectivity index is 2.90. The molecule has 1 atom stereocenters. The molecule has 1 aromatic rings. The predicted octanol–water partition coefficient (Wildman–Crippen LogP) is 2.34. The number of nitro benzene ring substituents is 1. The maximum atomic E-state index is 10.6. The number of alkyl halides is 1. The van der Waals surface area contributed by atoms with Gasteiger partial charge in [0.25, 0.3) is 4.30 Å². The number of rotatable bonds is 4. The lowest BCUT2D eigenvalue weighted by Crippen LogP contribution is -2.10. The fraction of sp³-hybridized carbons (Fsp3) is 0.250. The predicted molar refractivity (Wildman–Crippen MR) is 58.5 cm³/mol. The molecule has 5 nitrogen and oxygen atoms in total. The summed E-state index contributed by atoms with van der Waals surface area (Å²) in [4.78, 5) is 10.1. The lowest BCUT2D eigenvalue weighted by molar-refractivity contribution is -0.386. The molecule has 0 bridgehead atoms. The number of ether oxygens (including phenoxy) is 2. The van der Waals surface area contributed by atoms with Crippen LogP contribution in [0.25, 0.3) is 0 Å². The van der Waals surface area contributed by atoms with Gasteiger partial charge in [-0.05, 0) is 28.7 Å². The van der Waals surface area contributed by atoms with Crippen LogP contribution < -0.4 is 4.74 Å². The Bertz CT molecular complexity index is 331. The van der Waals surface area contributed by atoms with E-state index in [2.05, 4.69) is 0 Å². The summed E-state index contributed by atoms with van der Waals surface area (Å²) in [5.41, 5.74) is -0.0637. The molecule has 0 heterocycles. The molecule has 0 spiro atoms. The smallest absolute Gasteiger partial charge is 0.311 e. The van der Waals surface area contributed by atoms with Gasteiger partial charge in [0, 0.05) is 13.2 Å². The lowest BCUT2D eigenvalue weighted by atomic mass is 10.3. The van der Waals surface area contributed by atoms with Gasteiger partial charge in [0.1, 0.15) is 0 Å². The van der Waals surface area contributed by atoms with E-state index in [9.17, 15) is 10.1 Å². The normalized spacial score (nSPS) is 12.1. The fourth-order valence-electron chi connectivity index (χ4n) is 0.856. The summed E-state index contributed by atoms with van der Waals surface area (Å²) < 4.78 is 9.48. The molecule has 76 valence electrons. The molecular weight excluding hydrogens is 301 g/mol. The zero-order chi connectivity index (χ0) is 10.6. The van der Waals surface area contributed by atoms with Crippen molar-refractivity contribution in [2.75, 3.05) is 7.11 Å². The number of methoxy groups -OCH3 is 1. The van der Waals surface area contributed by atoms with Crippen LogP contribution >= 0.6 is 22.6 Å². The van der Waals surface area contributed by atoms with Gasteiger partial charge >= 0.3 is 5.69 Å². The highest BCUT2D eigenvalue weighted by atomic mass is 127. The van der Waals surface area contributed by atoms with E-state index in [1.165, 1.54) is 19.2 Å². The van der Waals surface area contributed by atoms with Crippen LogP contribution in [0.2, 0.25) is 0 Å². The van der Waals surface area contributed by atoms with E-state index in [0.717, 1.165) is 0 Å². The number of nitrogens with zero attached hydrogens (tertiary/aromatic N) is 1. The van der Waals surface area contributed by atoms with E-state index < -0.39 is 9.22 Å². The Morgan fingerprint density at radius 2 is 2.14 bits per heavy atom. The van der Waals surface area contributed by atoms with Crippen molar-refractivity contribution in [3.63, 3.8) is 0 Å². The molecule has 0 radical (unpaired) electrons. The van der Waals surface area contributed by atoms with E-state index in [0.29, 0.717) is 0 Å². The summed E-state index contributed by atoms with van der Waals surface area (Å²) in [6.45, 7) is 0. The molecule has 0 aliphatic heterocycles. The van der Waals surface area contributed by atoms with Crippen LogP contribution in [0.4, 0.5) is 5.69 Å². The third kappa shape index (κ3) is 2.81. The maximum Gasteiger partial charge on any atom is 0.311 e. The van der Waals surface area contributed by atoms with E-state index in [1.807, 2.05) is 22.6 Å². The summed E-state index contributed by atoms with van der Waals surface area (Å²) in [6.07, 6.45) is 0. The van der Waals surface area contributed by atoms with Crippen LogP contribution in [0.1, 0.15) is 0 Å². The molecule has 0 saturated heterocycles. The van der Waals surface area contributed by atoms with Crippen molar-refractivity contribution < 1.29 is 14.4 Å². The first kappa shape index (κ1) is 11.2. The third-order valence-electron chi connectivity index (χ3n) is 1.47. The zero-order valence-electron chi connectivity index (χ0n) is 7.34. The van der Waals surface area contributed by atoms with Gasteiger partial charge in [0.15, 0.2) is 0 Å². The molecule has 1 unspecified atom stereocenters. The minimum atomic E-state index is -0.534. The molecule has 0 N–H and O–H groups in total. The Kier molecular flexibility index (Phi) is 4.08. The molecule has 0 aliphatic rings. The van der Waals surface area contributed by atoms with Crippen LogP contribution in [-0.2, 0) is 4.74 Å². The van der Waals surface area contributed by atoms with Crippen molar-refractivity contribution in [1.82, 2.24) is 0 Å². The second-order valence-corrected chi connectivity index (χ2v) is 3.37. The van der Waals surface area contributed by atoms with Crippen LogP contribution in [-0.4, -0.2) is 16.3 Å². The largest absolute Gasteiger partial charge is 0.449 e. The van der Waals surface area contributed by atoms with Crippen molar-refractivity contribution in [3.8, 4) is 5.75 Å². The minimum absolute atomic E-state index is 0.0637. The minimum Gasteiger partial charge on any atom is -0.449 e. The molecule has 1 rings (SSSR count). The average molecular weight is 309 g/mol. The first-order chi connectivity index (χ1) is 6.65. The van der Waals surface area contributed by atoms with Gasteiger partial charge in [-0.1, -0.05) is 12.1 Å². The number of benzene rings is 1. The second kappa shape index (κ2) is 5.11. The van der Waals surface area contributed by atoms with Gasteiger partial charge in [0.05, 0.1) is 4.92 Å². The molecule has 14 heavy (non-hydrogen) atoms. The lowest BCUT2D eigenvalue weighted by Gasteiger charge is -2.10. The number of nitro groups is 1. The molecule has 1 aromatic carbocycles. The molecular formula is C8H8INO4. The van der Waals surface area contributed by atoms with Crippen molar-refractivity contribution in [2.45, 2.75) is 4.30 Å². The van der Waals surface area contributed by atoms with Crippen LogP contribution in [0.5, 0.6) is 5.75 Å². The van der Waals surface area contributed by atoms with Crippen molar-refractivity contribution in [3.05, 3.63) is 34.4 Å². The molecule has 0 saturated carbocycles. The van der Waals surface area contributed by atoms with Gasteiger partial charge in [-0.15, -0.1) is 0 Å². The standard InChI is InChI=1S/C8H8INO4/c1-13-8(9)14-7-5-3-2-4-6(7)10(11)12/h2-5,8H,1H3. The average Bonchev–Trinajstić information content (AvgIpc) is 2.18. The highest BCUT2D eigenvalue weighted by molar-refractivity contribution is 14.1. The highest BCUT2D eigenvalue weighted by Crippen LogP contribution is 2.27. The molecule has 0 aliphatic carbocycles. The summed E-state index contributed by atoms with van der Waals surface area (Å²) in [6, 6.07) is 6.17. The monoisotopic (exact) mass is 309 g/mol. The Labute approximate surface area is 94.3 Å². The summed E-state index contributed by atoms with van der Waals surface area (Å²) in [7, 11) is 1.46. The van der Waals surface area contributed by atoms with Gasteiger partial charge in [0.2, 0.25) is 5.75 Å². The second-order valence-electron chi connectivity index (χ2n) is 2.35. The van der Waals surface area contributed by atoms with Crippen LogP contribution in [0, 0.1) is 10.1 Å². The van der Waals surface area contributed by atoms with E-state index >= 15 is 0 Å². The maximum absolute atomic E-state index is 10.6. The van der Waals surface area contributed by atoms with Crippen LogP contribution in [0.3, 0.4) is 0 Å². The summed E-state index contributed by atoms with van der Waals surface area (Å²) >= 11 is 1.88. The van der Waals surface area contributed by atoms with Gasteiger partial charge in [-0.3, -0.25) is 10.1 Å². The quantitative estimate of drug-likeness (QED) is 0.282. The Morgan fingerprint density at radius 3 is 2.71 bits per heavy atom. The first-order valence-corrected chi connectivity index (χ1v) is 4.96. The van der Waals surface area contributed by atoms with Crippen molar-refractivity contribution in [2.24, 2.45) is 0 Å². The number of hydrogen-bond acceptors (Lipinski definition) is 4.